The van der Waals surface area contributed by atoms with Crippen LogP contribution < -0.4 is 10.6 Å². The Kier molecular flexibility index (Phi) is 15.3. The van der Waals surface area contributed by atoms with Crippen molar-refractivity contribution in [2.45, 2.75) is 86.2 Å². The van der Waals surface area contributed by atoms with E-state index in [1.165, 1.54) is 27.7 Å². The van der Waals surface area contributed by atoms with Gasteiger partial charge in [-0.05, 0) is 43.9 Å². The van der Waals surface area contributed by atoms with Crippen LogP contribution in [0.3, 0.4) is 0 Å². The fourth-order valence-electron chi connectivity index (χ4n) is 4.33. The zero-order valence-corrected chi connectivity index (χ0v) is 29.5. The second-order valence-corrected chi connectivity index (χ2v) is 14.9. The van der Waals surface area contributed by atoms with Gasteiger partial charge in [0.25, 0.3) is 0 Å². The van der Waals surface area contributed by atoms with E-state index < -0.39 is 85.6 Å². The van der Waals surface area contributed by atoms with Crippen molar-refractivity contribution >= 4 is 37.3 Å². The number of carboxylic acid groups (broad SMARTS) is 1. The lowest BCUT2D eigenvalue weighted by molar-refractivity contribution is -0.169. The van der Waals surface area contributed by atoms with Gasteiger partial charge in [0.05, 0.1) is 17.8 Å². The minimum Gasteiger partial charge on any atom is -0.480 e. The van der Waals surface area contributed by atoms with Crippen LogP contribution in [0.25, 0.3) is 11.1 Å². The number of rotatable bonds is 17. The van der Waals surface area contributed by atoms with Crippen molar-refractivity contribution in [3.8, 4) is 11.1 Å². The van der Waals surface area contributed by atoms with Gasteiger partial charge in [0.15, 0.2) is 0 Å². The summed E-state index contributed by atoms with van der Waals surface area (Å²) in [7, 11) is -4.17. The van der Waals surface area contributed by atoms with Crippen LogP contribution in [0.5, 0.6) is 0 Å². The summed E-state index contributed by atoms with van der Waals surface area (Å²) in [5.41, 5.74) is 2.60. The summed E-state index contributed by atoms with van der Waals surface area (Å²) in [6.07, 6.45) is -4.15. The van der Waals surface area contributed by atoms with Gasteiger partial charge in [-0.1, -0.05) is 82.3 Å². The fraction of sp³-hybridized carbons (Fsp3) is 0.500. The Morgan fingerprint density at radius 2 is 1.23 bits per heavy atom. The molecule has 264 valence electrons. The van der Waals surface area contributed by atoms with Crippen molar-refractivity contribution < 1.29 is 52.4 Å². The van der Waals surface area contributed by atoms with E-state index in [1.807, 2.05) is 42.5 Å². The molecule has 3 unspecified atom stereocenters. The predicted molar refractivity (Wildman–Crippen MR) is 178 cm³/mol. The molecule has 0 bridgehead atoms. The summed E-state index contributed by atoms with van der Waals surface area (Å²) in [6, 6.07) is 15.7. The third-order valence-corrected chi connectivity index (χ3v) is 10.1. The molecule has 0 saturated heterocycles. The minimum absolute atomic E-state index is 0.0279. The van der Waals surface area contributed by atoms with Crippen molar-refractivity contribution in [2.24, 2.45) is 17.8 Å². The molecular formula is C34H47N2O11P. The largest absolute Gasteiger partial charge is 0.480 e. The minimum atomic E-state index is -4.17. The highest BCUT2D eigenvalue weighted by Gasteiger charge is 2.40. The maximum atomic E-state index is 14.7. The Hall–Kier alpha value is -4.22. The SMILES string of the molecule is CC(OC(=O)N[C@@H](C)P(=O)(C[C@@H](Cc1ccc(-c2ccccc2)cc1)C(=O)N[C@@H](C)C(=O)O)OC(C)OC(=O)C(C)C)OC(=O)C(C)C. The van der Waals surface area contributed by atoms with E-state index in [9.17, 15) is 33.6 Å². The summed E-state index contributed by atoms with van der Waals surface area (Å²) in [6.45, 7) is 11.8. The Bertz CT molecular complexity index is 1450. The first-order valence-corrected chi connectivity index (χ1v) is 17.6. The molecule has 2 aromatic rings. The van der Waals surface area contributed by atoms with E-state index >= 15 is 0 Å². The van der Waals surface area contributed by atoms with E-state index in [1.54, 1.807) is 39.8 Å². The normalized spacial score (nSPS) is 15.6. The molecule has 14 heteroatoms. The van der Waals surface area contributed by atoms with Crippen molar-refractivity contribution in [3.63, 3.8) is 0 Å². The molecule has 0 aromatic heterocycles. The summed E-state index contributed by atoms with van der Waals surface area (Å²) in [4.78, 5) is 62.0. The van der Waals surface area contributed by atoms with Gasteiger partial charge in [0, 0.05) is 13.1 Å². The van der Waals surface area contributed by atoms with Gasteiger partial charge in [-0.15, -0.1) is 0 Å². The van der Waals surface area contributed by atoms with Crippen LogP contribution >= 0.6 is 7.37 Å². The van der Waals surface area contributed by atoms with Crippen molar-refractivity contribution in [1.82, 2.24) is 10.6 Å². The van der Waals surface area contributed by atoms with E-state index in [2.05, 4.69) is 10.6 Å². The number of amides is 2. The molecule has 0 aliphatic carbocycles. The number of ether oxygens (including phenoxy) is 3. The monoisotopic (exact) mass is 690 g/mol. The molecule has 2 amide bonds. The van der Waals surface area contributed by atoms with E-state index in [0.717, 1.165) is 11.1 Å². The zero-order valence-electron chi connectivity index (χ0n) is 28.6. The number of carboxylic acids is 1. The summed E-state index contributed by atoms with van der Waals surface area (Å²) in [5, 5.41) is 14.3. The third kappa shape index (κ3) is 12.8. The van der Waals surface area contributed by atoms with Crippen molar-refractivity contribution in [3.05, 3.63) is 60.2 Å². The molecule has 0 radical (unpaired) electrons. The van der Waals surface area contributed by atoms with Crippen LogP contribution in [0, 0.1) is 17.8 Å². The number of carbonyl (C=O) groups is 5. The molecule has 2 aromatic carbocycles. The predicted octanol–water partition coefficient (Wildman–Crippen LogP) is 5.56. The molecule has 6 atom stereocenters. The first-order chi connectivity index (χ1) is 22.4. The molecule has 3 N–H and O–H groups in total. The molecular weight excluding hydrogens is 643 g/mol. The lowest BCUT2D eigenvalue weighted by Crippen LogP contribution is -2.44. The number of alkyl carbamates (subject to hydrolysis) is 1. The van der Waals surface area contributed by atoms with Gasteiger partial charge in [-0.25, -0.2) is 4.79 Å². The number of esters is 2. The van der Waals surface area contributed by atoms with Gasteiger partial charge in [0.2, 0.25) is 25.9 Å². The molecule has 2 rings (SSSR count). The number of hydrogen-bond acceptors (Lipinski definition) is 10. The highest BCUT2D eigenvalue weighted by Crippen LogP contribution is 2.54. The zero-order chi connectivity index (χ0) is 36.2. The van der Waals surface area contributed by atoms with Gasteiger partial charge < -0.3 is 30.0 Å². The van der Waals surface area contributed by atoms with Gasteiger partial charge in [0.1, 0.15) is 11.8 Å². The Balaban J connectivity index is 2.41. The van der Waals surface area contributed by atoms with Crippen molar-refractivity contribution in [2.75, 3.05) is 6.16 Å². The Morgan fingerprint density at radius 1 is 0.708 bits per heavy atom. The van der Waals surface area contributed by atoms with E-state index in [-0.39, 0.29) is 6.42 Å². The van der Waals surface area contributed by atoms with Crippen LogP contribution in [0.2, 0.25) is 0 Å². The van der Waals surface area contributed by atoms with Crippen molar-refractivity contribution in [1.29, 1.82) is 0 Å². The quantitative estimate of drug-likeness (QED) is 0.107. The van der Waals surface area contributed by atoms with E-state index in [4.69, 9.17) is 18.7 Å². The molecule has 0 fully saturated rings. The standard InChI is InChI=1S/C34H47N2O11P/c1-20(2)32(40)44-24(7)46-34(42)36-23(6)48(43,47-25(8)45-33(41)21(3)4)19-29(30(37)35-22(5)31(38)39)18-26-14-16-28(17-15-26)27-12-10-9-11-13-27/h9-17,20-25,29H,18-19H2,1-8H3,(H,35,37)(H,36,42)(H,38,39)/t22-,23+,24?,25?,29+,48?/m0/s1. The topological polar surface area (TPSA) is 184 Å². The van der Waals surface area contributed by atoms with Crippen LogP contribution in [-0.4, -0.2) is 65.6 Å². The highest BCUT2D eigenvalue weighted by atomic mass is 31.2. The summed E-state index contributed by atoms with van der Waals surface area (Å²) in [5.74, 6) is -6.61. The van der Waals surface area contributed by atoms with Gasteiger partial charge in [-0.2, -0.15) is 0 Å². The molecule has 0 heterocycles. The number of benzene rings is 2. The second-order valence-electron chi connectivity index (χ2n) is 12.1. The molecule has 0 spiro atoms. The van der Waals surface area contributed by atoms with Crippen LogP contribution in [-0.2, 0) is 48.9 Å². The highest BCUT2D eigenvalue weighted by molar-refractivity contribution is 7.59. The number of hydrogen-bond donors (Lipinski definition) is 3. The molecule has 0 saturated carbocycles. The summed E-state index contributed by atoms with van der Waals surface area (Å²) >= 11 is 0. The lowest BCUT2D eigenvalue weighted by Gasteiger charge is -2.31. The summed E-state index contributed by atoms with van der Waals surface area (Å²) < 4.78 is 36.0. The average molecular weight is 691 g/mol. The Morgan fingerprint density at radius 3 is 1.75 bits per heavy atom. The maximum Gasteiger partial charge on any atom is 0.410 e. The van der Waals surface area contributed by atoms with Gasteiger partial charge in [-0.3, -0.25) is 28.3 Å². The smallest absolute Gasteiger partial charge is 0.410 e. The third-order valence-electron chi connectivity index (χ3n) is 7.14. The van der Waals surface area contributed by atoms with Crippen LogP contribution in [0.4, 0.5) is 4.79 Å². The Labute approximate surface area is 281 Å². The van der Waals surface area contributed by atoms with E-state index in [0.29, 0.717) is 5.56 Å². The molecule has 0 aliphatic heterocycles. The van der Waals surface area contributed by atoms with Gasteiger partial charge >= 0.3 is 24.0 Å². The lowest BCUT2D eigenvalue weighted by atomic mass is 9.97. The molecule has 0 aliphatic rings. The molecule has 48 heavy (non-hydrogen) atoms. The fourth-order valence-corrected chi connectivity index (χ4v) is 6.67. The average Bonchev–Trinajstić information content (AvgIpc) is 3.00. The number of nitrogens with one attached hydrogen (secondary N) is 2. The second kappa shape index (κ2) is 18.4. The number of carbonyl (C=O) groups excluding carboxylic acids is 4. The van der Waals surface area contributed by atoms with Crippen LogP contribution in [0.15, 0.2) is 54.6 Å². The van der Waals surface area contributed by atoms with Crippen LogP contribution in [0.1, 0.15) is 61.0 Å². The molecule has 13 nitrogen and oxygen atoms in total. The first kappa shape index (κ1) is 40.0. The maximum absolute atomic E-state index is 14.7. The number of aliphatic carboxylic acids is 1. The first-order valence-electron chi connectivity index (χ1n) is 15.7.